The molecule has 0 saturated carbocycles. The highest BCUT2D eigenvalue weighted by molar-refractivity contribution is 5.92. The van der Waals surface area contributed by atoms with Gasteiger partial charge >= 0.3 is 0 Å². The molecular weight excluding hydrogens is 316 g/mol. The smallest absolute Gasteiger partial charge is 0.272 e. The molecular formula is C19H20N4O2. The van der Waals surface area contributed by atoms with E-state index in [9.17, 15) is 4.79 Å². The van der Waals surface area contributed by atoms with Gasteiger partial charge in [0.25, 0.3) is 5.91 Å². The number of aromatic nitrogens is 3. The molecule has 0 unspecified atom stereocenters. The van der Waals surface area contributed by atoms with Gasteiger partial charge in [0.15, 0.2) is 5.89 Å². The lowest BCUT2D eigenvalue weighted by molar-refractivity contribution is 0.0715. The Labute approximate surface area is 146 Å². The summed E-state index contributed by atoms with van der Waals surface area (Å²) in [5.74, 6) is 1.61. The van der Waals surface area contributed by atoms with Crippen LogP contribution < -0.4 is 0 Å². The van der Waals surface area contributed by atoms with Crippen molar-refractivity contribution in [3.05, 3.63) is 71.2 Å². The Bertz CT molecular complexity index is 882. The Morgan fingerprint density at radius 3 is 2.88 bits per heavy atom. The summed E-state index contributed by atoms with van der Waals surface area (Å²) in [6.45, 7) is 3.78. The molecule has 1 amide bonds. The Morgan fingerprint density at radius 2 is 2.08 bits per heavy atom. The van der Waals surface area contributed by atoms with Crippen LogP contribution in [0.3, 0.4) is 0 Å². The van der Waals surface area contributed by atoms with Gasteiger partial charge in [-0.05, 0) is 18.6 Å². The molecule has 0 N–H and O–H groups in total. The number of carbonyl (C=O) groups is 1. The van der Waals surface area contributed by atoms with Gasteiger partial charge in [0.1, 0.15) is 17.1 Å². The molecule has 128 valence electrons. The maximum atomic E-state index is 12.8. The van der Waals surface area contributed by atoms with E-state index >= 15 is 0 Å². The van der Waals surface area contributed by atoms with Crippen LogP contribution in [0.1, 0.15) is 40.3 Å². The highest BCUT2D eigenvalue weighted by Crippen LogP contribution is 2.22. The molecule has 25 heavy (non-hydrogen) atoms. The lowest BCUT2D eigenvalue weighted by Gasteiger charge is -2.25. The van der Waals surface area contributed by atoms with Crippen LogP contribution in [0.2, 0.25) is 0 Å². The van der Waals surface area contributed by atoms with Gasteiger partial charge in [-0.15, -0.1) is 0 Å². The summed E-state index contributed by atoms with van der Waals surface area (Å²) >= 11 is 0. The number of aryl methyl sites for hydroxylation is 1. The molecule has 3 aromatic rings. The molecule has 0 atom stereocenters. The quantitative estimate of drug-likeness (QED) is 0.735. The molecule has 0 aliphatic carbocycles. The van der Waals surface area contributed by atoms with E-state index in [1.807, 2.05) is 30.0 Å². The van der Waals surface area contributed by atoms with E-state index in [1.165, 1.54) is 5.56 Å². The zero-order valence-corrected chi connectivity index (χ0v) is 14.2. The van der Waals surface area contributed by atoms with Gasteiger partial charge < -0.3 is 9.32 Å². The summed E-state index contributed by atoms with van der Waals surface area (Å²) in [5, 5.41) is 4.18. The molecule has 2 aromatic heterocycles. The van der Waals surface area contributed by atoms with Crippen LogP contribution in [-0.4, -0.2) is 32.1 Å². The van der Waals surface area contributed by atoms with Crippen LogP contribution in [0, 0.1) is 0 Å². The standard InChI is InChI=1S/C19H20N4O2/c1-2-23-16(8-10-20-23)19(24)22-11-9-17-15(13-22)21-18(25-17)12-14-6-4-3-5-7-14/h3-8,10H,2,9,11-13H2,1H3. The van der Waals surface area contributed by atoms with Crippen LogP contribution in [0.15, 0.2) is 47.0 Å². The number of carbonyl (C=O) groups excluding carboxylic acids is 1. The molecule has 0 fully saturated rings. The van der Waals surface area contributed by atoms with E-state index in [4.69, 9.17) is 4.42 Å². The first-order valence-electron chi connectivity index (χ1n) is 8.57. The van der Waals surface area contributed by atoms with Crippen molar-refractivity contribution in [1.29, 1.82) is 0 Å². The largest absolute Gasteiger partial charge is 0.445 e. The van der Waals surface area contributed by atoms with E-state index < -0.39 is 0 Å². The maximum Gasteiger partial charge on any atom is 0.272 e. The minimum absolute atomic E-state index is 0.00221. The fraction of sp³-hybridized carbons (Fsp3) is 0.316. The highest BCUT2D eigenvalue weighted by Gasteiger charge is 2.27. The number of hydrogen-bond acceptors (Lipinski definition) is 4. The molecule has 0 bridgehead atoms. The molecule has 1 aromatic carbocycles. The van der Waals surface area contributed by atoms with Crippen molar-refractivity contribution < 1.29 is 9.21 Å². The second-order valence-corrected chi connectivity index (χ2v) is 6.15. The van der Waals surface area contributed by atoms with Gasteiger partial charge in [-0.1, -0.05) is 30.3 Å². The van der Waals surface area contributed by atoms with E-state index in [0.717, 1.165) is 11.5 Å². The minimum Gasteiger partial charge on any atom is -0.445 e. The number of nitrogens with zero attached hydrogens (tertiary/aromatic N) is 4. The summed E-state index contributed by atoms with van der Waals surface area (Å²) < 4.78 is 7.63. The van der Waals surface area contributed by atoms with E-state index in [-0.39, 0.29) is 5.91 Å². The number of amides is 1. The number of benzene rings is 1. The highest BCUT2D eigenvalue weighted by atomic mass is 16.4. The second-order valence-electron chi connectivity index (χ2n) is 6.15. The normalized spacial score (nSPS) is 13.7. The Balaban J connectivity index is 1.51. The predicted molar refractivity (Wildman–Crippen MR) is 92.1 cm³/mol. The van der Waals surface area contributed by atoms with Crippen LogP contribution in [0.25, 0.3) is 0 Å². The van der Waals surface area contributed by atoms with E-state index in [0.29, 0.717) is 44.1 Å². The van der Waals surface area contributed by atoms with Crippen molar-refractivity contribution in [3.63, 3.8) is 0 Å². The van der Waals surface area contributed by atoms with E-state index in [2.05, 4.69) is 22.2 Å². The SMILES string of the molecule is CCn1nccc1C(=O)N1CCc2oc(Cc3ccccc3)nc2C1. The number of rotatable bonds is 4. The summed E-state index contributed by atoms with van der Waals surface area (Å²) in [6.07, 6.45) is 3.04. The molecule has 6 nitrogen and oxygen atoms in total. The van der Waals surface area contributed by atoms with Crippen molar-refractivity contribution in [1.82, 2.24) is 19.7 Å². The zero-order chi connectivity index (χ0) is 17.2. The van der Waals surface area contributed by atoms with Crippen molar-refractivity contribution >= 4 is 5.91 Å². The summed E-state index contributed by atoms with van der Waals surface area (Å²) in [4.78, 5) is 19.2. The molecule has 3 heterocycles. The first-order valence-corrected chi connectivity index (χ1v) is 8.57. The Kier molecular flexibility index (Phi) is 4.09. The van der Waals surface area contributed by atoms with Crippen molar-refractivity contribution in [2.45, 2.75) is 32.9 Å². The van der Waals surface area contributed by atoms with Crippen LogP contribution in [-0.2, 0) is 25.9 Å². The van der Waals surface area contributed by atoms with Crippen LogP contribution in [0.4, 0.5) is 0 Å². The molecule has 0 spiro atoms. The first-order chi connectivity index (χ1) is 12.2. The third kappa shape index (κ3) is 3.07. The summed E-state index contributed by atoms with van der Waals surface area (Å²) in [7, 11) is 0. The maximum absolute atomic E-state index is 12.8. The van der Waals surface area contributed by atoms with Crippen molar-refractivity contribution in [2.75, 3.05) is 6.54 Å². The number of fused-ring (bicyclic) bond motifs is 1. The summed E-state index contributed by atoms with van der Waals surface area (Å²) in [6, 6.07) is 11.9. The molecule has 4 rings (SSSR count). The Morgan fingerprint density at radius 1 is 1.24 bits per heavy atom. The van der Waals surface area contributed by atoms with Gasteiger partial charge in [0, 0.05) is 32.1 Å². The van der Waals surface area contributed by atoms with Gasteiger partial charge in [-0.25, -0.2) is 4.98 Å². The topological polar surface area (TPSA) is 64.2 Å². The average Bonchev–Trinajstić information content (AvgIpc) is 3.27. The fourth-order valence-electron chi connectivity index (χ4n) is 3.20. The third-order valence-corrected chi connectivity index (χ3v) is 4.49. The third-order valence-electron chi connectivity index (χ3n) is 4.49. The lowest BCUT2D eigenvalue weighted by atomic mass is 10.1. The van der Waals surface area contributed by atoms with Crippen LogP contribution in [0.5, 0.6) is 0 Å². The summed E-state index contributed by atoms with van der Waals surface area (Å²) in [5.41, 5.74) is 2.66. The van der Waals surface area contributed by atoms with Crippen LogP contribution >= 0.6 is 0 Å². The van der Waals surface area contributed by atoms with Crippen molar-refractivity contribution in [3.8, 4) is 0 Å². The lowest BCUT2D eigenvalue weighted by Crippen LogP contribution is -2.37. The molecule has 1 aliphatic rings. The molecule has 1 aliphatic heterocycles. The predicted octanol–water partition coefficient (Wildman–Crippen LogP) is 2.68. The molecule has 6 heteroatoms. The average molecular weight is 336 g/mol. The van der Waals surface area contributed by atoms with Gasteiger partial charge in [-0.3, -0.25) is 9.48 Å². The number of hydrogen-bond donors (Lipinski definition) is 0. The van der Waals surface area contributed by atoms with E-state index in [1.54, 1.807) is 16.9 Å². The monoisotopic (exact) mass is 336 g/mol. The van der Waals surface area contributed by atoms with Gasteiger partial charge in [-0.2, -0.15) is 5.10 Å². The Hall–Kier alpha value is -2.89. The molecule has 0 saturated heterocycles. The fourth-order valence-corrected chi connectivity index (χ4v) is 3.20. The minimum atomic E-state index is -0.00221. The molecule has 0 radical (unpaired) electrons. The number of oxazole rings is 1. The zero-order valence-electron chi connectivity index (χ0n) is 14.2. The van der Waals surface area contributed by atoms with Crippen molar-refractivity contribution in [2.24, 2.45) is 0 Å². The first kappa shape index (κ1) is 15.6. The van der Waals surface area contributed by atoms with Gasteiger partial charge in [0.2, 0.25) is 0 Å². The van der Waals surface area contributed by atoms with Gasteiger partial charge in [0.05, 0.1) is 6.54 Å². The second kappa shape index (κ2) is 6.55.